The minimum Gasteiger partial charge on any atom is -0.306 e. The zero-order valence-electron chi connectivity index (χ0n) is 12.7. The molecule has 1 N–H and O–H groups in total. The van der Waals surface area contributed by atoms with Gasteiger partial charge in [-0.15, -0.1) is 0 Å². The maximum absolute atomic E-state index is 6.31. The minimum absolute atomic E-state index is 0.167. The molecule has 0 spiro atoms. The van der Waals surface area contributed by atoms with Crippen LogP contribution in [0.3, 0.4) is 0 Å². The zero-order chi connectivity index (χ0) is 15.4. The summed E-state index contributed by atoms with van der Waals surface area (Å²) < 4.78 is 1.14. The van der Waals surface area contributed by atoms with Gasteiger partial charge in [-0.25, -0.2) is 0 Å². The number of halogens is 2. The summed E-state index contributed by atoms with van der Waals surface area (Å²) in [6.45, 7) is 7.34. The van der Waals surface area contributed by atoms with Crippen LogP contribution in [-0.2, 0) is 0 Å². The second kappa shape index (κ2) is 7.44. The van der Waals surface area contributed by atoms with Crippen molar-refractivity contribution in [2.24, 2.45) is 0 Å². The van der Waals surface area contributed by atoms with Crippen LogP contribution < -0.4 is 5.32 Å². The van der Waals surface area contributed by atoms with Gasteiger partial charge in [-0.3, -0.25) is 0 Å². The second-order valence-electron chi connectivity index (χ2n) is 5.35. The van der Waals surface area contributed by atoms with E-state index in [4.69, 9.17) is 11.6 Å². The van der Waals surface area contributed by atoms with Gasteiger partial charge < -0.3 is 5.32 Å². The predicted octanol–water partition coefficient (Wildman–Crippen LogP) is 5.81. The molecular weight excluding hydrogens is 346 g/mol. The first-order valence-electron chi connectivity index (χ1n) is 7.29. The normalized spacial score (nSPS) is 12.4. The summed E-state index contributed by atoms with van der Waals surface area (Å²) in [6, 6.07) is 12.8. The Morgan fingerprint density at radius 2 is 1.95 bits per heavy atom. The van der Waals surface area contributed by atoms with Crippen molar-refractivity contribution in [1.29, 1.82) is 0 Å². The number of hydrogen-bond acceptors (Lipinski definition) is 1. The van der Waals surface area contributed by atoms with E-state index in [9.17, 15) is 0 Å². The molecule has 2 rings (SSSR count). The molecule has 0 fully saturated rings. The highest BCUT2D eigenvalue weighted by Crippen LogP contribution is 2.31. The lowest BCUT2D eigenvalue weighted by Crippen LogP contribution is -2.24. The lowest BCUT2D eigenvalue weighted by Gasteiger charge is -2.22. The molecule has 3 heteroatoms. The number of benzene rings is 2. The summed E-state index contributed by atoms with van der Waals surface area (Å²) in [7, 11) is 0. The van der Waals surface area contributed by atoms with E-state index in [0.717, 1.165) is 28.0 Å². The molecule has 0 saturated carbocycles. The van der Waals surface area contributed by atoms with Crippen LogP contribution in [0.4, 0.5) is 0 Å². The molecule has 0 aliphatic heterocycles. The van der Waals surface area contributed by atoms with E-state index < -0.39 is 0 Å². The molecule has 0 aliphatic rings. The molecule has 2 aromatic carbocycles. The summed E-state index contributed by atoms with van der Waals surface area (Å²) in [6.07, 6.45) is 1.10. The monoisotopic (exact) mass is 365 g/mol. The van der Waals surface area contributed by atoms with Crippen LogP contribution in [-0.4, -0.2) is 6.54 Å². The van der Waals surface area contributed by atoms with E-state index in [1.54, 1.807) is 0 Å². The average Bonchev–Trinajstić information content (AvgIpc) is 2.47. The Bertz CT molecular complexity index is 625. The summed E-state index contributed by atoms with van der Waals surface area (Å²) in [5.41, 5.74) is 4.88. The molecule has 1 atom stereocenters. The highest BCUT2D eigenvalue weighted by Gasteiger charge is 2.17. The van der Waals surface area contributed by atoms with Crippen LogP contribution in [0.5, 0.6) is 0 Å². The molecule has 0 amide bonds. The summed E-state index contributed by atoms with van der Waals surface area (Å²) in [5, 5.41) is 4.46. The van der Waals surface area contributed by atoms with Crippen LogP contribution in [0, 0.1) is 13.8 Å². The van der Waals surface area contributed by atoms with Gasteiger partial charge in [-0.1, -0.05) is 58.7 Å². The molecule has 0 aromatic heterocycles. The van der Waals surface area contributed by atoms with Crippen molar-refractivity contribution in [3.63, 3.8) is 0 Å². The van der Waals surface area contributed by atoms with E-state index in [1.165, 1.54) is 16.7 Å². The second-order valence-corrected chi connectivity index (χ2v) is 6.61. The Morgan fingerprint density at radius 1 is 1.19 bits per heavy atom. The van der Waals surface area contributed by atoms with Crippen LogP contribution in [0.15, 0.2) is 40.9 Å². The van der Waals surface area contributed by atoms with Gasteiger partial charge >= 0.3 is 0 Å². The molecule has 0 saturated heterocycles. The topological polar surface area (TPSA) is 12.0 Å². The van der Waals surface area contributed by atoms with Crippen LogP contribution >= 0.6 is 27.5 Å². The molecular formula is C18H21BrClN. The number of aryl methyl sites for hydroxylation is 1. The van der Waals surface area contributed by atoms with E-state index in [-0.39, 0.29) is 6.04 Å². The quantitative estimate of drug-likeness (QED) is 0.704. The van der Waals surface area contributed by atoms with Gasteiger partial charge in [0.15, 0.2) is 0 Å². The SMILES string of the molecule is CCCNC(c1ccc(C)c(Cl)c1)c1cccc(Br)c1C. The Morgan fingerprint density at radius 3 is 2.62 bits per heavy atom. The molecule has 0 heterocycles. The number of nitrogens with one attached hydrogen (secondary N) is 1. The first-order chi connectivity index (χ1) is 10.0. The third-order valence-corrected chi connectivity index (χ3v) is 5.01. The van der Waals surface area contributed by atoms with E-state index in [1.807, 2.05) is 6.92 Å². The Balaban J connectivity index is 2.47. The minimum atomic E-state index is 0.167. The van der Waals surface area contributed by atoms with Crippen LogP contribution in [0.1, 0.15) is 41.6 Å². The fourth-order valence-corrected chi connectivity index (χ4v) is 2.99. The summed E-state index contributed by atoms with van der Waals surface area (Å²) in [4.78, 5) is 0. The molecule has 0 bridgehead atoms. The molecule has 0 aliphatic carbocycles. The van der Waals surface area contributed by atoms with Crippen LogP contribution in [0.25, 0.3) is 0 Å². The van der Waals surface area contributed by atoms with Gasteiger partial charge in [0.25, 0.3) is 0 Å². The van der Waals surface area contributed by atoms with E-state index in [0.29, 0.717) is 0 Å². The van der Waals surface area contributed by atoms with Gasteiger partial charge in [0, 0.05) is 9.50 Å². The van der Waals surface area contributed by atoms with Gasteiger partial charge in [0.1, 0.15) is 0 Å². The van der Waals surface area contributed by atoms with Crippen molar-refractivity contribution in [2.75, 3.05) is 6.54 Å². The third kappa shape index (κ3) is 3.88. The molecule has 1 unspecified atom stereocenters. The fraction of sp³-hybridized carbons (Fsp3) is 0.333. The van der Waals surface area contributed by atoms with Crippen molar-refractivity contribution < 1.29 is 0 Å². The van der Waals surface area contributed by atoms with Gasteiger partial charge in [-0.05, 0) is 61.2 Å². The van der Waals surface area contributed by atoms with Gasteiger partial charge in [-0.2, -0.15) is 0 Å². The molecule has 112 valence electrons. The number of hydrogen-bond donors (Lipinski definition) is 1. The standard InChI is InChI=1S/C18H21BrClN/c1-4-10-21-18(14-9-8-12(2)17(20)11-14)15-6-5-7-16(19)13(15)3/h5-9,11,18,21H,4,10H2,1-3H3. The summed E-state index contributed by atoms with van der Waals surface area (Å²) in [5.74, 6) is 0. The lowest BCUT2D eigenvalue weighted by molar-refractivity contribution is 0.596. The van der Waals surface area contributed by atoms with Crippen molar-refractivity contribution in [3.8, 4) is 0 Å². The molecule has 2 aromatic rings. The highest BCUT2D eigenvalue weighted by molar-refractivity contribution is 9.10. The number of rotatable bonds is 5. The van der Waals surface area contributed by atoms with E-state index in [2.05, 4.69) is 71.5 Å². The maximum atomic E-state index is 6.31. The van der Waals surface area contributed by atoms with Gasteiger partial charge in [0.2, 0.25) is 0 Å². The highest BCUT2D eigenvalue weighted by atomic mass is 79.9. The fourth-order valence-electron chi connectivity index (χ4n) is 2.42. The Labute approximate surface area is 140 Å². The molecule has 1 nitrogen and oxygen atoms in total. The van der Waals surface area contributed by atoms with Crippen LogP contribution in [0.2, 0.25) is 5.02 Å². The van der Waals surface area contributed by atoms with E-state index >= 15 is 0 Å². The maximum Gasteiger partial charge on any atom is 0.0580 e. The lowest BCUT2D eigenvalue weighted by atomic mass is 9.94. The van der Waals surface area contributed by atoms with Gasteiger partial charge in [0.05, 0.1) is 6.04 Å². The zero-order valence-corrected chi connectivity index (χ0v) is 15.1. The average molecular weight is 367 g/mol. The largest absolute Gasteiger partial charge is 0.306 e. The predicted molar refractivity (Wildman–Crippen MR) is 95.2 cm³/mol. The van der Waals surface area contributed by atoms with Crippen molar-refractivity contribution in [2.45, 2.75) is 33.2 Å². The van der Waals surface area contributed by atoms with Crippen molar-refractivity contribution >= 4 is 27.5 Å². The third-order valence-electron chi connectivity index (χ3n) is 3.75. The Hall–Kier alpha value is -0.830. The first-order valence-corrected chi connectivity index (χ1v) is 8.46. The molecule has 0 radical (unpaired) electrons. The first kappa shape index (κ1) is 16.5. The Kier molecular flexibility index (Phi) is 5.86. The van der Waals surface area contributed by atoms with Crippen molar-refractivity contribution in [3.05, 3.63) is 68.1 Å². The molecule has 21 heavy (non-hydrogen) atoms. The smallest absolute Gasteiger partial charge is 0.0580 e. The summed E-state index contributed by atoms with van der Waals surface area (Å²) >= 11 is 9.94. The van der Waals surface area contributed by atoms with Crippen molar-refractivity contribution in [1.82, 2.24) is 5.32 Å².